The van der Waals surface area contributed by atoms with Crippen molar-refractivity contribution >= 4 is 21.9 Å². The first-order valence-corrected chi connectivity index (χ1v) is 15.7. The van der Waals surface area contributed by atoms with Gasteiger partial charge in [0.15, 0.2) is 5.82 Å². The molecule has 0 aliphatic carbocycles. The maximum Gasteiger partial charge on any atom is 0.160 e. The van der Waals surface area contributed by atoms with Gasteiger partial charge in [0.2, 0.25) is 0 Å². The highest BCUT2D eigenvalue weighted by Gasteiger charge is 2.12. The number of fused-ring (bicyclic) bond motifs is 1. The van der Waals surface area contributed by atoms with Crippen molar-refractivity contribution in [3.8, 4) is 44.9 Å². The second-order valence-corrected chi connectivity index (χ2v) is 11.4. The van der Waals surface area contributed by atoms with E-state index in [0.717, 1.165) is 55.9 Å². The molecule has 47 heavy (non-hydrogen) atoms. The Kier molecular flexibility index (Phi) is 8.44. The highest BCUT2D eigenvalue weighted by Crippen LogP contribution is 2.31. The van der Waals surface area contributed by atoms with Crippen molar-refractivity contribution in [3.05, 3.63) is 188 Å². The van der Waals surface area contributed by atoms with E-state index in [0.29, 0.717) is 5.82 Å². The Balaban J connectivity index is 1.27. The summed E-state index contributed by atoms with van der Waals surface area (Å²) < 4.78 is 0. The van der Waals surface area contributed by atoms with Crippen LogP contribution in [0, 0.1) is 0 Å². The highest BCUT2D eigenvalue weighted by atomic mass is 14.9. The van der Waals surface area contributed by atoms with Gasteiger partial charge in [0.1, 0.15) is 0 Å². The van der Waals surface area contributed by atoms with Crippen LogP contribution in [0.4, 0.5) is 0 Å². The molecule has 0 saturated heterocycles. The topological polar surface area (TPSA) is 38.7 Å². The van der Waals surface area contributed by atoms with Crippen molar-refractivity contribution in [1.82, 2.24) is 15.0 Å². The molecule has 3 heteroatoms. The van der Waals surface area contributed by atoms with Gasteiger partial charge in [-0.1, -0.05) is 140 Å². The predicted molar refractivity (Wildman–Crippen MR) is 197 cm³/mol. The average molecular weight is 604 g/mol. The summed E-state index contributed by atoms with van der Waals surface area (Å²) in [4.78, 5) is 14.4. The molecule has 0 spiro atoms. The molecule has 0 aliphatic heterocycles. The van der Waals surface area contributed by atoms with Gasteiger partial charge in [0.05, 0.1) is 11.4 Å². The first-order valence-electron chi connectivity index (χ1n) is 15.7. The van der Waals surface area contributed by atoms with Crippen LogP contribution in [0.15, 0.2) is 177 Å². The molecule has 0 amide bonds. The van der Waals surface area contributed by atoms with Crippen LogP contribution in [0.1, 0.15) is 18.2 Å². The lowest BCUT2D eigenvalue weighted by Crippen LogP contribution is -1.98. The van der Waals surface area contributed by atoms with Gasteiger partial charge in [-0.25, -0.2) is 9.97 Å². The Bertz CT molecular complexity index is 2250. The Labute approximate surface area is 276 Å². The van der Waals surface area contributed by atoms with Gasteiger partial charge in [-0.05, 0) is 80.9 Å². The summed E-state index contributed by atoms with van der Waals surface area (Å²) in [7, 11) is 0. The van der Waals surface area contributed by atoms with Gasteiger partial charge >= 0.3 is 0 Å². The lowest BCUT2D eigenvalue weighted by molar-refractivity contribution is 1.16. The SMILES string of the molecule is C=C(/C=C\C(=C/C)c1cccnc1)c1cc(-c2cccc(-c3ccccc3)c2)nc(-c2ccc(-c3ccc4ccccc4c3)cc2)n1. The van der Waals surface area contributed by atoms with Crippen LogP contribution in [0.25, 0.3) is 66.8 Å². The summed E-state index contributed by atoms with van der Waals surface area (Å²) in [5.74, 6) is 0.653. The fourth-order valence-electron chi connectivity index (χ4n) is 5.73. The molecular weight excluding hydrogens is 571 g/mol. The summed E-state index contributed by atoms with van der Waals surface area (Å²) in [6.07, 6.45) is 9.80. The molecule has 0 aliphatic rings. The lowest BCUT2D eigenvalue weighted by Gasteiger charge is -2.11. The highest BCUT2D eigenvalue weighted by molar-refractivity contribution is 5.88. The Morgan fingerprint density at radius 1 is 0.553 bits per heavy atom. The van der Waals surface area contributed by atoms with E-state index in [1.165, 1.54) is 16.3 Å². The van der Waals surface area contributed by atoms with Crippen LogP contribution in [0.3, 0.4) is 0 Å². The first-order chi connectivity index (χ1) is 23.1. The number of hydrogen-bond acceptors (Lipinski definition) is 3. The monoisotopic (exact) mass is 603 g/mol. The molecule has 7 rings (SSSR count). The number of rotatable bonds is 8. The third-order valence-electron chi connectivity index (χ3n) is 8.32. The van der Waals surface area contributed by atoms with Crippen LogP contribution < -0.4 is 0 Å². The fraction of sp³-hybridized carbons (Fsp3) is 0.0227. The van der Waals surface area contributed by atoms with Gasteiger partial charge in [-0.15, -0.1) is 0 Å². The summed E-state index contributed by atoms with van der Waals surface area (Å²) in [5, 5.41) is 2.46. The molecule has 7 aromatic rings. The van der Waals surface area contributed by atoms with E-state index in [4.69, 9.17) is 9.97 Å². The minimum Gasteiger partial charge on any atom is -0.264 e. The van der Waals surface area contributed by atoms with Crippen molar-refractivity contribution in [2.45, 2.75) is 6.92 Å². The molecule has 2 heterocycles. The zero-order valence-corrected chi connectivity index (χ0v) is 26.2. The molecule has 0 atom stereocenters. The van der Waals surface area contributed by atoms with Crippen LogP contribution in [0.5, 0.6) is 0 Å². The van der Waals surface area contributed by atoms with Crippen LogP contribution in [0.2, 0.25) is 0 Å². The zero-order chi connectivity index (χ0) is 32.0. The summed E-state index contributed by atoms with van der Waals surface area (Å²) in [6.45, 7) is 6.44. The van der Waals surface area contributed by atoms with Crippen molar-refractivity contribution in [2.75, 3.05) is 0 Å². The largest absolute Gasteiger partial charge is 0.264 e. The Hall–Kier alpha value is -6.19. The van der Waals surface area contributed by atoms with Crippen molar-refractivity contribution in [3.63, 3.8) is 0 Å². The summed E-state index contributed by atoms with van der Waals surface area (Å²) >= 11 is 0. The average Bonchev–Trinajstić information content (AvgIpc) is 3.15. The normalized spacial score (nSPS) is 11.6. The second kappa shape index (κ2) is 13.4. The molecule has 5 aromatic carbocycles. The van der Waals surface area contributed by atoms with E-state index in [1.54, 1.807) is 6.20 Å². The molecule has 2 aromatic heterocycles. The first kappa shape index (κ1) is 29.5. The van der Waals surface area contributed by atoms with Gasteiger partial charge in [0.25, 0.3) is 0 Å². The minimum absolute atomic E-state index is 0.653. The van der Waals surface area contributed by atoms with Gasteiger partial charge in [-0.3, -0.25) is 4.98 Å². The Morgan fingerprint density at radius 2 is 1.23 bits per heavy atom. The van der Waals surface area contributed by atoms with Crippen molar-refractivity contribution in [2.24, 2.45) is 0 Å². The van der Waals surface area contributed by atoms with E-state index in [2.05, 4.69) is 145 Å². The Morgan fingerprint density at radius 3 is 2.02 bits per heavy atom. The summed E-state index contributed by atoms with van der Waals surface area (Å²) in [6, 6.07) is 48.5. The standard InChI is InChI=1S/C44H33N3/c1-3-32(41-17-10-26-45-30-41)19-18-31(2)42-29-43(40-16-9-15-38(28-40)33-11-5-4-6-12-33)47-44(46-42)36-23-20-35(21-24-36)39-25-22-34-13-7-8-14-37(34)27-39/h3-30H,2H2,1H3/b19-18-,32-3+. The maximum atomic E-state index is 5.10. The van der Waals surface area contributed by atoms with E-state index in [1.807, 2.05) is 37.4 Å². The number of allylic oxidation sites excluding steroid dienone is 5. The van der Waals surface area contributed by atoms with Crippen LogP contribution in [-0.4, -0.2) is 15.0 Å². The van der Waals surface area contributed by atoms with Crippen molar-refractivity contribution in [1.29, 1.82) is 0 Å². The molecule has 224 valence electrons. The van der Waals surface area contributed by atoms with Crippen molar-refractivity contribution < 1.29 is 0 Å². The fourth-order valence-corrected chi connectivity index (χ4v) is 5.73. The smallest absolute Gasteiger partial charge is 0.160 e. The molecule has 0 unspecified atom stereocenters. The third-order valence-corrected chi connectivity index (χ3v) is 8.32. The predicted octanol–water partition coefficient (Wildman–Crippen LogP) is 11.4. The molecule has 0 N–H and O–H groups in total. The van der Waals surface area contributed by atoms with E-state index in [9.17, 15) is 0 Å². The van der Waals surface area contributed by atoms with E-state index < -0.39 is 0 Å². The zero-order valence-electron chi connectivity index (χ0n) is 26.2. The van der Waals surface area contributed by atoms with Gasteiger partial charge < -0.3 is 0 Å². The second-order valence-electron chi connectivity index (χ2n) is 11.4. The number of nitrogens with zero attached hydrogens (tertiary/aromatic N) is 3. The van der Waals surface area contributed by atoms with Gasteiger partial charge in [0, 0.05) is 23.5 Å². The number of pyridine rings is 1. The maximum absolute atomic E-state index is 5.10. The van der Waals surface area contributed by atoms with E-state index >= 15 is 0 Å². The number of aromatic nitrogens is 3. The number of benzene rings is 5. The molecule has 0 saturated carbocycles. The minimum atomic E-state index is 0.653. The molecular formula is C44H33N3. The molecule has 0 radical (unpaired) electrons. The third kappa shape index (κ3) is 6.61. The van der Waals surface area contributed by atoms with Crippen LogP contribution >= 0.6 is 0 Å². The number of hydrogen-bond donors (Lipinski definition) is 0. The quantitative estimate of drug-likeness (QED) is 0.162. The van der Waals surface area contributed by atoms with E-state index in [-0.39, 0.29) is 0 Å². The molecule has 0 fully saturated rings. The lowest BCUT2D eigenvalue weighted by atomic mass is 9.99. The molecule has 0 bridgehead atoms. The molecule has 3 nitrogen and oxygen atoms in total. The van der Waals surface area contributed by atoms with Crippen LogP contribution in [-0.2, 0) is 0 Å². The van der Waals surface area contributed by atoms with Gasteiger partial charge in [-0.2, -0.15) is 0 Å². The summed E-state index contributed by atoms with van der Waals surface area (Å²) in [5.41, 5.74) is 11.1.